The highest BCUT2D eigenvalue weighted by atomic mass is 32.2. The highest BCUT2D eigenvalue weighted by molar-refractivity contribution is 8.23. The van der Waals surface area contributed by atoms with Crippen molar-refractivity contribution in [1.82, 2.24) is 5.01 Å². The maximum absolute atomic E-state index is 11.6. The summed E-state index contributed by atoms with van der Waals surface area (Å²) in [4.78, 5) is 11.6. The Labute approximate surface area is 128 Å². The van der Waals surface area contributed by atoms with Crippen LogP contribution in [0.4, 0.5) is 0 Å². The molecule has 6 heteroatoms. The van der Waals surface area contributed by atoms with Crippen molar-refractivity contribution in [3.63, 3.8) is 0 Å². The van der Waals surface area contributed by atoms with Crippen molar-refractivity contribution in [2.75, 3.05) is 5.75 Å². The average Bonchev–Trinajstić information content (AvgIpc) is 2.77. The number of benzene rings is 1. The monoisotopic (exact) mass is 308 g/mol. The maximum Gasteiger partial charge on any atom is 0.259 e. The van der Waals surface area contributed by atoms with Crippen molar-refractivity contribution in [2.45, 2.75) is 26.4 Å². The minimum absolute atomic E-state index is 0.0865. The summed E-state index contributed by atoms with van der Waals surface area (Å²) in [5.41, 5.74) is 0.834. The average molecular weight is 308 g/mol. The minimum Gasteiger partial charge on any atom is -0.490 e. The van der Waals surface area contributed by atoms with E-state index in [9.17, 15) is 4.79 Å². The van der Waals surface area contributed by atoms with Crippen LogP contribution in [-0.4, -0.2) is 33.3 Å². The molecule has 1 aliphatic heterocycles. The summed E-state index contributed by atoms with van der Waals surface area (Å²) in [7, 11) is 0. The highest BCUT2D eigenvalue weighted by Crippen LogP contribution is 2.21. The molecule has 0 radical (unpaired) electrons. The van der Waals surface area contributed by atoms with Crippen molar-refractivity contribution in [3.8, 4) is 5.75 Å². The van der Waals surface area contributed by atoms with Crippen LogP contribution in [0, 0.1) is 0 Å². The Morgan fingerprint density at radius 2 is 2.30 bits per heavy atom. The van der Waals surface area contributed by atoms with Crippen molar-refractivity contribution >= 4 is 40.4 Å². The maximum atomic E-state index is 11.6. The molecule has 1 heterocycles. The lowest BCUT2D eigenvalue weighted by molar-refractivity contribution is -0.123. The molecule has 0 unspecified atom stereocenters. The number of hydrazone groups is 1. The summed E-state index contributed by atoms with van der Waals surface area (Å²) in [6.07, 6.45) is 2.68. The zero-order valence-electron chi connectivity index (χ0n) is 11.4. The van der Waals surface area contributed by atoms with E-state index in [4.69, 9.17) is 17.0 Å². The lowest BCUT2D eigenvalue weighted by Gasteiger charge is -2.14. The molecule has 1 amide bonds. The van der Waals surface area contributed by atoms with E-state index >= 15 is 0 Å². The van der Waals surface area contributed by atoms with Crippen LogP contribution in [0.2, 0.25) is 0 Å². The van der Waals surface area contributed by atoms with Crippen LogP contribution in [-0.2, 0) is 4.79 Å². The Balaban J connectivity index is 2.16. The number of hydrogen-bond donors (Lipinski definition) is 0. The molecule has 1 fully saturated rings. The lowest BCUT2D eigenvalue weighted by Crippen LogP contribution is -2.22. The molecule has 1 saturated heterocycles. The molecule has 1 aliphatic rings. The molecule has 0 N–H and O–H groups in total. The smallest absolute Gasteiger partial charge is 0.259 e. The standard InChI is InChI=1S/C14H16N2O2S2/c1-3-10(2)18-12-7-5-4-6-11(12)8-15-16-13(17)9-20-14(16)19/h4-8,10H,3,9H2,1-2H3/b15-8+/t10-/m1/s1. The number of nitrogens with zero attached hydrogens (tertiary/aromatic N) is 2. The molecule has 2 rings (SSSR count). The number of carbonyl (C=O) groups excluding carboxylic acids is 1. The van der Waals surface area contributed by atoms with Gasteiger partial charge in [-0.2, -0.15) is 10.1 Å². The van der Waals surface area contributed by atoms with Gasteiger partial charge in [0.2, 0.25) is 0 Å². The highest BCUT2D eigenvalue weighted by Gasteiger charge is 2.26. The molecule has 0 aromatic heterocycles. The van der Waals surface area contributed by atoms with Crippen molar-refractivity contribution in [2.24, 2.45) is 5.10 Å². The van der Waals surface area contributed by atoms with Gasteiger partial charge in [0.1, 0.15) is 5.75 Å². The SMILES string of the molecule is CC[C@@H](C)Oc1ccccc1/C=N/N1C(=O)CSC1=S. The molecule has 0 aliphatic carbocycles. The summed E-state index contributed by atoms with van der Waals surface area (Å²) in [5, 5.41) is 5.43. The molecular weight excluding hydrogens is 292 g/mol. The normalized spacial score (nSPS) is 17.0. The second-order valence-electron chi connectivity index (χ2n) is 4.38. The van der Waals surface area contributed by atoms with E-state index in [0.717, 1.165) is 17.7 Å². The number of para-hydroxylation sites is 1. The van der Waals surface area contributed by atoms with E-state index in [1.165, 1.54) is 16.8 Å². The first-order chi connectivity index (χ1) is 9.61. The molecule has 0 bridgehead atoms. The van der Waals surface area contributed by atoms with Crippen molar-refractivity contribution in [1.29, 1.82) is 0 Å². The number of rotatable bonds is 5. The minimum atomic E-state index is -0.0865. The predicted octanol–water partition coefficient (Wildman–Crippen LogP) is 3.06. The lowest BCUT2D eigenvalue weighted by atomic mass is 10.2. The Bertz CT molecular complexity index is 530. The molecule has 1 aromatic carbocycles. The van der Waals surface area contributed by atoms with Gasteiger partial charge in [0, 0.05) is 5.56 Å². The van der Waals surface area contributed by atoms with Crippen LogP contribution in [0.25, 0.3) is 0 Å². The van der Waals surface area contributed by atoms with Crippen molar-refractivity contribution < 1.29 is 9.53 Å². The quantitative estimate of drug-likeness (QED) is 0.619. The Morgan fingerprint density at radius 3 is 2.95 bits per heavy atom. The van der Waals surface area contributed by atoms with E-state index in [-0.39, 0.29) is 12.0 Å². The number of hydrogen-bond acceptors (Lipinski definition) is 5. The van der Waals surface area contributed by atoms with E-state index in [1.54, 1.807) is 6.21 Å². The summed E-state index contributed by atoms with van der Waals surface area (Å²) < 4.78 is 6.32. The number of amides is 1. The second kappa shape index (κ2) is 6.85. The van der Waals surface area contributed by atoms with Gasteiger partial charge in [0.15, 0.2) is 4.32 Å². The zero-order chi connectivity index (χ0) is 14.5. The molecular formula is C14H16N2O2S2. The number of thiocarbonyl (C=S) groups is 1. The fraction of sp³-hybridized carbons (Fsp3) is 0.357. The third-order valence-electron chi connectivity index (χ3n) is 2.86. The molecule has 0 spiro atoms. The van der Waals surface area contributed by atoms with Gasteiger partial charge >= 0.3 is 0 Å². The van der Waals surface area contributed by atoms with Crippen LogP contribution in [0.15, 0.2) is 29.4 Å². The Kier molecular flexibility index (Phi) is 5.14. The number of ether oxygens (including phenoxy) is 1. The first kappa shape index (κ1) is 15.0. The molecule has 1 atom stereocenters. The van der Waals surface area contributed by atoms with E-state index < -0.39 is 0 Å². The van der Waals surface area contributed by atoms with Gasteiger partial charge in [0.05, 0.1) is 18.1 Å². The zero-order valence-corrected chi connectivity index (χ0v) is 13.0. The predicted molar refractivity (Wildman–Crippen MR) is 86.3 cm³/mol. The summed E-state index contributed by atoms with van der Waals surface area (Å²) >= 11 is 6.41. The molecule has 20 heavy (non-hydrogen) atoms. The van der Waals surface area contributed by atoms with Gasteiger partial charge in [-0.3, -0.25) is 4.79 Å². The molecule has 1 aromatic rings. The van der Waals surface area contributed by atoms with Crippen LogP contribution in [0.1, 0.15) is 25.8 Å². The second-order valence-corrected chi connectivity index (χ2v) is 5.99. The first-order valence-electron chi connectivity index (χ1n) is 6.41. The first-order valence-corrected chi connectivity index (χ1v) is 7.80. The van der Waals surface area contributed by atoms with Gasteiger partial charge in [-0.25, -0.2) is 0 Å². The third-order valence-corrected chi connectivity index (χ3v) is 4.20. The molecule has 4 nitrogen and oxygen atoms in total. The van der Waals surface area contributed by atoms with Gasteiger partial charge in [0.25, 0.3) is 5.91 Å². The Hall–Kier alpha value is -1.40. The summed E-state index contributed by atoms with van der Waals surface area (Å²) in [6.45, 7) is 4.09. The van der Waals surface area contributed by atoms with Gasteiger partial charge < -0.3 is 4.74 Å². The van der Waals surface area contributed by atoms with Crippen LogP contribution >= 0.6 is 24.0 Å². The third kappa shape index (κ3) is 3.58. The topological polar surface area (TPSA) is 41.9 Å². The van der Waals surface area contributed by atoms with Gasteiger partial charge in [-0.15, -0.1) is 0 Å². The molecule has 106 valence electrons. The number of carbonyl (C=O) groups is 1. The van der Waals surface area contributed by atoms with E-state index in [1.807, 2.05) is 31.2 Å². The van der Waals surface area contributed by atoms with E-state index in [2.05, 4.69) is 12.0 Å². The summed E-state index contributed by atoms with van der Waals surface area (Å²) in [5.74, 6) is 1.04. The number of thioether (sulfide) groups is 1. The fourth-order valence-electron chi connectivity index (χ4n) is 1.57. The summed E-state index contributed by atoms with van der Waals surface area (Å²) in [6, 6.07) is 7.62. The fourth-order valence-corrected chi connectivity index (χ4v) is 2.54. The van der Waals surface area contributed by atoms with Gasteiger partial charge in [-0.05, 0) is 25.5 Å². The van der Waals surface area contributed by atoms with Gasteiger partial charge in [-0.1, -0.05) is 43.0 Å². The van der Waals surface area contributed by atoms with Crippen LogP contribution in [0.3, 0.4) is 0 Å². The van der Waals surface area contributed by atoms with Crippen LogP contribution in [0.5, 0.6) is 5.75 Å². The Morgan fingerprint density at radius 1 is 1.55 bits per heavy atom. The molecule has 0 saturated carbocycles. The largest absolute Gasteiger partial charge is 0.490 e. The van der Waals surface area contributed by atoms with Crippen molar-refractivity contribution in [3.05, 3.63) is 29.8 Å². The van der Waals surface area contributed by atoms with E-state index in [0.29, 0.717) is 10.1 Å². The van der Waals surface area contributed by atoms with Crippen LogP contribution < -0.4 is 4.74 Å².